The van der Waals surface area contributed by atoms with E-state index in [-0.39, 0.29) is 0 Å². The second-order valence-corrected chi connectivity index (χ2v) is 9.36. The van der Waals surface area contributed by atoms with Gasteiger partial charge in [0.1, 0.15) is 5.75 Å². The van der Waals surface area contributed by atoms with Crippen molar-refractivity contribution >= 4 is 6.08 Å². The normalized spacial score (nSPS) is 12.6. The van der Waals surface area contributed by atoms with Crippen molar-refractivity contribution in [3.05, 3.63) is 58.8 Å². The molecule has 0 aliphatic carbocycles. The Morgan fingerprint density at radius 1 is 1.05 bits per heavy atom. The first-order chi connectivity index (χ1) is 17.9. The Kier molecular flexibility index (Phi) is 24.4. The van der Waals surface area contributed by atoms with Crippen LogP contribution in [0.3, 0.4) is 0 Å². The Bertz CT molecular complexity index is 757. The highest BCUT2D eigenvalue weighted by molar-refractivity contribution is 5.54. The highest BCUT2D eigenvalue weighted by atomic mass is 16.5. The van der Waals surface area contributed by atoms with E-state index in [0.29, 0.717) is 5.92 Å². The molecule has 0 aliphatic rings. The van der Waals surface area contributed by atoms with Gasteiger partial charge in [-0.3, -0.25) is 0 Å². The molecule has 0 aromatic heterocycles. The summed E-state index contributed by atoms with van der Waals surface area (Å²) in [7, 11) is 4.24. The number of ether oxygens (including phenoxy) is 1. The highest BCUT2D eigenvalue weighted by Gasteiger charge is 2.09. The minimum Gasteiger partial charge on any atom is -0.493 e. The largest absolute Gasteiger partial charge is 0.493 e. The zero-order valence-electron chi connectivity index (χ0n) is 26.7. The summed E-state index contributed by atoms with van der Waals surface area (Å²) in [6, 6.07) is 6.60. The predicted octanol–water partition coefficient (Wildman–Crippen LogP) is 9.89. The van der Waals surface area contributed by atoms with Crippen LogP contribution in [0, 0.1) is 11.8 Å². The molecule has 0 saturated heterocycles. The third-order valence-electron chi connectivity index (χ3n) is 6.43. The van der Waals surface area contributed by atoms with Gasteiger partial charge in [-0.15, -0.1) is 0 Å². The lowest BCUT2D eigenvalue weighted by Crippen LogP contribution is -2.18. The molecule has 0 fully saturated rings. The lowest BCUT2D eigenvalue weighted by Gasteiger charge is -2.22. The van der Waals surface area contributed by atoms with E-state index in [1.807, 2.05) is 27.7 Å². The summed E-state index contributed by atoms with van der Waals surface area (Å²) < 4.78 is 6.12. The molecule has 1 N–H and O–H groups in total. The summed E-state index contributed by atoms with van der Waals surface area (Å²) in [5.74, 6) is 2.16. The summed E-state index contributed by atoms with van der Waals surface area (Å²) in [6.45, 7) is 24.0. The smallest absolute Gasteiger partial charge is 0.123 e. The molecule has 0 amide bonds. The molecule has 1 aromatic carbocycles. The SMILES string of the molecule is C/C=C(C)\C=C(/C(C)/C=C/c1ccc(OCCCC)c(CNCCC(CC)CC)c1)N(C)C.CC.CC. The Morgan fingerprint density at radius 2 is 1.70 bits per heavy atom. The van der Waals surface area contributed by atoms with E-state index in [9.17, 15) is 0 Å². The predicted molar refractivity (Wildman–Crippen MR) is 169 cm³/mol. The second-order valence-electron chi connectivity index (χ2n) is 9.36. The van der Waals surface area contributed by atoms with Gasteiger partial charge < -0.3 is 15.0 Å². The van der Waals surface area contributed by atoms with Gasteiger partial charge in [0.05, 0.1) is 6.61 Å². The molecule has 0 radical (unpaired) electrons. The lowest BCUT2D eigenvalue weighted by atomic mass is 9.99. The molecule has 214 valence electrons. The van der Waals surface area contributed by atoms with Crippen molar-refractivity contribution in [2.75, 3.05) is 27.2 Å². The highest BCUT2D eigenvalue weighted by Crippen LogP contribution is 2.24. The number of allylic oxidation sites excluding steroid dienone is 4. The molecule has 3 heteroatoms. The quantitative estimate of drug-likeness (QED) is 0.175. The Balaban J connectivity index is 0. The van der Waals surface area contributed by atoms with E-state index < -0.39 is 0 Å². The molecule has 1 rings (SSSR count). The van der Waals surface area contributed by atoms with Crippen LogP contribution in [0.4, 0.5) is 0 Å². The van der Waals surface area contributed by atoms with E-state index in [2.05, 4.69) is 108 Å². The van der Waals surface area contributed by atoms with E-state index >= 15 is 0 Å². The number of nitrogens with zero attached hydrogens (tertiary/aromatic N) is 1. The number of unbranched alkanes of at least 4 members (excludes halogenated alkanes) is 1. The van der Waals surface area contributed by atoms with Crippen LogP contribution in [-0.4, -0.2) is 32.1 Å². The molecule has 1 atom stereocenters. The summed E-state index contributed by atoms with van der Waals surface area (Å²) in [5, 5.41) is 3.66. The fourth-order valence-corrected chi connectivity index (χ4v) is 3.87. The van der Waals surface area contributed by atoms with Crippen LogP contribution < -0.4 is 10.1 Å². The molecule has 0 bridgehead atoms. The number of hydrogen-bond donors (Lipinski definition) is 1. The number of rotatable bonds is 16. The minimum atomic E-state index is 0.331. The zero-order chi connectivity index (χ0) is 28.6. The van der Waals surface area contributed by atoms with Gasteiger partial charge in [0.15, 0.2) is 0 Å². The summed E-state index contributed by atoms with van der Waals surface area (Å²) >= 11 is 0. The topological polar surface area (TPSA) is 24.5 Å². The molecule has 0 saturated carbocycles. The monoisotopic (exact) mass is 514 g/mol. The molecule has 0 aliphatic heterocycles. The van der Waals surface area contributed by atoms with Crippen molar-refractivity contribution in [3.8, 4) is 5.75 Å². The van der Waals surface area contributed by atoms with Gasteiger partial charge in [-0.1, -0.05) is 105 Å². The van der Waals surface area contributed by atoms with E-state index in [0.717, 1.165) is 44.2 Å². The van der Waals surface area contributed by atoms with Crippen molar-refractivity contribution in [1.29, 1.82) is 0 Å². The molecule has 37 heavy (non-hydrogen) atoms. The van der Waals surface area contributed by atoms with E-state index in [4.69, 9.17) is 4.74 Å². The summed E-state index contributed by atoms with van der Waals surface area (Å²) in [6.07, 6.45) is 15.0. The van der Waals surface area contributed by atoms with E-state index in [1.54, 1.807) is 0 Å². The summed E-state index contributed by atoms with van der Waals surface area (Å²) in [4.78, 5) is 2.21. The number of benzene rings is 1. The van der Waals surface area contributed by atoms with Crippen LogP contribution in [0.15, 0.2) is 47.7 Å². The number of nitrogens with one attached hydrogen (secondary N) is 1. The average molecular weight is 515 g/mol. The lowest BCUT2D eigenvalue weighted by molar-refractivity contribution is 0.305. The Morgan fingerprint density at radius 3 is 2.24 bits per heavy atom. The Hall–Kier alpha value is -2.00. The number of hydrogen-bond acceptors (Lipinski definition) is 3. The molecular formula is C34H62N2O. The van der Waals surface area contributed by atoms with Gasteiger partial charge in [0.25, 0.3) is 0 Å². The fourth-order valence-electron chi connectivity index (χ4n) is 3.87. The van der Waals surface area contributed by atoms with Gasteiger partial charge in [-0.05, 0) is 62.9 Å². The first-order valence-corrected chi connectivity index (χ1v) is 15.0. The van der Waals surface area contributed by atoms with Crippen LogP contribution in [0.25, 0.3) is 6.08 Å². The van der Waals surface area contributed by atoms with Crippen molar-refractivity contribution in [1.82, 2.24) is 10.2 Å². The minimum absolute atomic E-state index is 0.331. The van der Waals surface area contributed by atoms with Crippen molar-refractivity contribution in [3.63, 3.8) is 0 Å². The van der Waals surface area contributed by atoms with E-state index in [1.165, 1.54) is 41.7 Å². The first-order valence-electron chi connectivity index (χ1n) is 15.0. The van der Waals surface area contributed by atoms with Crippen LogP contribution in [0.2, 0.25) is 0 Å². The molecule has 1 aromatic rings. The third kappa shape index (κ3) is 16.5. The van der Waals surface area contributed by atoms with Gasteiger partial charge in [-0.2, -0.15) is 0 Å². The molecule has 3 nitrogen and oxygen atoms in total. The van der Waals surface area contributed by atoms with Crippen molar-refractivity contribution in [2.45, 2.75) is 108 Å². The first kappa shape index (κ1) is 37.2. The maximum atomic E-state index is 6.12. The van der Waals surface area contributed by atoms with Gasteiger partial charge in [-0.25, -0.2) is 0 Å². The molecule has 0 heterocycles. The molecule has 1 unspecified atom stereocenters. The van der Waals surface area contributed by atoms with Crippen LogP contribution in [-0.2, 0) is 6.54 Å². The van der Waals surface area contributed by atoms with Gasteiger partial charge in [0.2, 0.25) is 0 Å². The van der Waals surface area contributed by atoms with Gasteiger partial charge >= 0.3 is 0 Å². The van der Waals surface area contributed by atoms with Crippen LogP contribution in [0.5, 0.6) is 5.75 Å². The van der Waals surface area contributed by atoms with Crippen LogP contribution >= 0.6 is 0 Å². The van der Waals surface area contributed by atoms with Crippen molar-refractivity contribution in [2.24, 2.45) is 11.8 Å². The maximum absolute atomic E-state index is 6.12. The van der Waals surface area contributed by atoms with Crippen LogP contribution in [0.1, 0.15) is 112 Å². The second kappa shape index (κ2) is 24.3. The standard InChI is InChI=1S/C30H50N2O.2C2H6/c1-9-13-20-33-30-17-16-27(22-28(30)23-31-19-18-26(11-3)12-4)15-14-25(6)29(32(7)8)21-24(5)10-2;2*1-2/h10,14-17,21-22,25-26,31H,9,11-13,18-20,23H2,1-8H3;2*1-2H3/b15-14+,24-10-,29-21+;;. The van der Waals surface area contributed by atoms with Gasteiger partial charge in [0, 0.05) is 37.8 Å². The third-order valence-corrected chi connectivity index (χ3v) is 6.43. The molecular weight excluding hydrogens is 452 g/mol. The zero-order valence-corrected chi connectivity index (χ0v) is 26.7. The Labute approximate surface area is 232 Å². The summed E-state index contributed by atoms with van der Waals surface area (Å²) in [5.41, 5.74) is 5.07. The maximum Gasteiger partial charge on any atom is 0.123 e. The molecule has 0 spiro atoms. The van der Waals surface area contributed by atoms with Crippen molar-refractivity contribution < 1.29 is 4.74 Å². The fraction of sp³-hybridized carbons (Fsp3) is 0.647. The average Bonchev–Trinajstić information content (AvgIpc) is 2.93.